The quantitative estimate of drug-likeness (QED) is 0.347. The van der Waals surface area contributed by atoms with Gasteiger partial charge in [-0.2, -0.15) is 8.78 Å². The molecule has 27 heavy (non-hydrogen) atoms. The van der Waals surface area contributed by atoms with Gasteiger partial charge in [-0.05, 0) is 19.9 Å². The summed E-state index contributed by atoms with van der Waals surface area (Å²) < 4.78 is 71.7. The Morgan fingerprint density at radius 2 is 1.11 bits per heavy atom. The van der Waals surface area contributed by atoms with E-state index in [1.165, 1.54) is 38.5 Å². The predicted octanol–water partition coefficient (Wildman–Crippen LogP) is 5.98. The number of hydrogen-bond acceptors (Lipinski definition) is 2. The van der Waals surface area contributed by atoms with Crippen molar-refractivity contribution in [3.63, 3.8) is 0 Å². The van der Waals surface area contributed by atoms with Crippen molar-refractivity contribution in [2.75, 3.05) is 20.2 Å². The number of halogens is 5. The first-order chi connectivity index (χ1) is 12.9. The number of nitrogens with zero attached hydrogens (tertiary/aromatic N) is 1. The summed E-state index contributed by atoms with van der Waals surface area (Å²) in [5.74, 6) is -11.2. The van der Waals surface area contributed by atoms with E-state index in [4.69, 9.17) is 4.74 Å². The smallest absolute Gasteiger partial charge is 0.206 e. The summed E-state index contributed by atoms with van der Waals surface area (Å²) in [4.78, 5) is 2.06. The summed E-state index contributed by atoms with van der Waals surface area (Å²) in [6.07, 6.45) is 11.8. The molecule has 0 N–H and O–H groups in total. The third kappa shape index (κ3) is 6.06. The van der Waals surface area contributed by atoms with Crippen LogP contribution in [0.3, 0.4) is 0 Å². The minimum absolute atomic E-state index is 0.147. The first-order valence-corrected chi connectivity index (χ1v) is 9.78. The lowest BCUT2D eigenvalue weighted by molar-refractivity contribution is 0.164. The summed E-state index contributed by atoms with van der Waals surface area (Å²) >= 11 is 0. The fourth-order valence-corrected chi connectivity index (χ4v) is 3.59. The Bertz CT molecular complexity index is 570. The lowest BCUT2D eigenvalue weighted by Gasteiger charge is -2.28. The maximum absolute atomic E-state index is 13.6. The van der Waals surface area contributed by atoms with Crippen LogP contribution in [-0.4, -0.2) is 31.1 Å². The molecule has 2 nitrogen and oxygen atoms in total. The SMILES string of the molecule is CN(CCOc1c(F)c(F)c(F)c(F)c1F)C1CCCCCCCCCC1. The average molecular weight is 393 g/mol. The monoisotopic (exact) mass is 393 g/mol. The molecular weight excluding hydrogens is 365 g/mol. The molecule has 0 radical (unpaired) electrons. The van der Waals surface area contributed by atoms with Gasteiger partial charge in [-0.15, -0.1) is 0 Å². The maximum atomic E-state index is 13.6. The number of rotatable bonds is 5. The van der Waals surface area contributed by atoms with E-state index in [2.05, 4.69) is 4.90 Å². The lowest BCUT2D eigenvalue weighted by Crippen LogP contribution is -2.35. The molecule has 0 amide bonds. The molecule has 1 aliphatic carbocycles. The second kappa shape index (κ2) is 10.8. The van der Waals surface area contributed by atoms with E-state index >= 15 is 0 Å². The fraction of sp³-hybridized carbons (Fsp3) is 0.700. The van der Waals surface area contributed by atoms with Crippen LogP contribution in [0, 0.1) is 29.1 Å². The van der Waals surface area contributed by atoms with Crippen LogP contribution < -0.4 is 4.74 Å². The normalized spacial score (nSPS) is 17.7. The van der Waals surface area contributed by atoms with Crippen molar-refractivity contribution in [2.24, 2.45) is 0 Å². The van der Waals surface area contributed by atoms with Gasteiger partial charge >= 0.3 is 0 Å². The standard InChI is InChI=1S/C20H28F5NO/c1-26(14-10-8-6-4-2-3-5-7-9-11-14)12-13-27-20-18(24)16(22)15(21)17(23)19(20)25/h14H,2-13H2,1H3. The maximum Gasteiger partial charge on any atom is 0.206 e. The van der Waals surface area contributed by atoms with Gasteiger partial charge in [-0.1, -0.05) is 51.4 Å². The van der Waals surface area contributed by atoms with Crippen LogP contribution in [0.15, 0.2) is 0 Å². The van der Waals surface area contributed by atoms with Crippen molar-refractivity contribution in [1.82, 2.24) is 4.90 Å². The molecule has 0 heterocycles. The van der Waals surface area contributed by atoms with E-state index in [0.29, 0.717) is 12.6 Å². The molecule has 1 aliphatic rings. The minimum Gasteiger partial charge on any atom is -0.486 e. The van der Waals surface area contributed by atoms with Crippen molar-refractivity contribution in [3.8, 4) is 5.75 Å². The Morgan fingerprint density at radius 3 is 1.59 bits per heavy atom. The van der Waals surface area contributed by atoms with E-state index in [-0.39, 0.29) is 6.61 Å². The van der Waals surface area contributed by atoms with Crippen molar-refractivity contribution in [3.05, 3.63) is 29.1 Å². The van der Waals surface area contributed by atoms with Crippen LogP contribution in [0.5, 0.6) is 5.75 Å². The Kier molecular flexibility index (Phi) is 8.80. The molecular formula is C20H28F5NO. The van der Waals surface area contributed by atoms with E-state index in [1.807, 2.05) is 7.05 Å². The summed E-state index contributed by atoms with van der Waals surface area (Å²) in [5.41, 5.74) is 0. The summed E-state index contributed by atoms with van der Waals surface area (Å²) in [6, 6.07) is 0.336. The third-order valence-corrected chi connectivity index (χ3v) is 5.31. The number of likely N-dealkylation sites (N-methyl/N-ethyl adjacent to an activating group) is 1. The van der Waals surface area contributed by atoms with Gasteiger partial charge in [0.15, 0.2) is 5.75 Å². The number of hydrogen-bond donors (Lipinski definition) is 0. The largest absolute Gasteiger partial charge is 0.486 e. The van der Waals surface area contributed by atoms with Gasteiger partial charge in [0.25, 0.3) is 0 Å². The van der Waals surface area contributed by atoms with Crippen LogP contribution in [0.25, 0.3) is 0 Å². The molecule has 1 fully saturated rings. The van der Waals surface area contributed by atoms with Gasteiger partial charge in [-0.25, -0.2) is 13.2 Å². The van der Waals surface area contributed by atoms with Crippen molar-refractivity contribution in [1.29, 1.82) is 0 Å². The fourth-order valence-electron chi connectivity index (χ4n) is 3.59. The Hall–Kier alpha value is -1.37. The van der Waals surface area contributed by atoms with Crippen molar-refractivity contribution >= 4 is 0 Å². The van der Waals surface area contributed by atoms with Gasteiger partial charge in [0.2, 0.25) is 29.1 Å². The van der Waals surface area contributed by atoms with Gasteiger partial charge in [0.1, 0.15) is 6.61 Å². The van der Waals surface area contributed by atoms with Crippen LogP contribution in [0.2, 0.25) is 0 Å². The van der Waals surface area contributed by atoms with Crippen LogP contribution in [0.4, 0.5) is 22.0 Å². The second-order valence-corrected chi connectivity index (χ2v) is 7.29. The average Bonchev–Trinajstić information content (AvgIpc) is 2.73. The van der Waals surface area contributed by atoms with Crippen LogP contribution >= 0.6 is 0 Å². The first kappa shape index (κ1) is 21.9. The zero-order valence-corrected chi connectivity index (χ0v) is 15.8. The van der Waals surface area contributed by atoms with Gasteiger partial charge in [0.05, 0.1) is 0 Å². The lowest BCUT2D eigenvalue weighted by atomic mass is 10.0. The van der Waals surface area contributed by atoms with E-state index in [9.17, 15) is 22.0 Å². The Balaban J connectivity index is 1.91. The first-order valence-electron chi connectivity index (χ1n) is 9.78. The highest BCUT2D eigenvalue weighted by molar-refractivity contribution is 5.29. The molecule has 0 atom stereocenters. The molecule has 1 aromatic carbocycles. The van der Waals surface area contributed by atoms with Gasteiger partial charge in [0, 0.05) is 12.6 Å². The molecule has 2 rings (SSSR count). The van der Waals surface area contributed by atoms with E-state index in [1.54, 1.807) is 0 Å². The Morgan fingerprint density at radius 1 is 0.704 bits per heavy atom. The number of ether oxygens (including phenoxy) is 1. The predicted molar refractivity (Wildman–Crippen MR) is 94.3 cm³/mol. The highest BCUT2D eigenvalue weighted by Gasteiger charge is 2.27. The topological polar surface area (TPSA) is 12.5 Å². The van der Waals surface area contributed by atoms with Crippen molar-refractivity contribution in [2.45, 2.75) is 70.3 Å². The van der Waals surface area contributed by atoms with E-state index < -0.39 is 34.8 Å². The molecule has 1 saturated carbocycles. The molecule has 7 heteroatoms. The molecule has 0 aliphatic heterocycles. The van der Waals surface area contributed by atoms with Gasteiger partial charge in [-0.3, -0.25) is 0 Å². The summed E-state index contributed by atoms with van der Waals surface area (Å²) in [7, 11) is 1.91. The zero-order chi connectivity index (χ0) is 19.8. The van der Waals surface area contributed by atoms with E-state index in [0.717, 1.165) is 25.7 Å². The third-order valence-electron chi connectivity index (χ3n) is 5.31. The summed E-state index contributed by atoms with van der Waals surface area (Å²) in [6.45, 7) is 0.204. The molecule has 0 aromatic heterocycles. The minimum atomic E-state index is -2.17. The van der Waals surface area contributed by atoms with Crippen LogP contribution in [-0.2, 0) is 0 Å². The van der Waals surface area contributed by atoms with Crippen LogP contribution in [0.1, 0.15) is 64.2 Å². The molecule has 0 bridgehead atoms. The zero-order valence-electron chi connectivity index (χ0n) is 15.8. The Labute approximate surface area is 157 Å². The second-order valence-electron chi connectivity index (χ2n) is 7.29. The van der Waals surface area contributed by atoms with Crippen molar-refractivity contribution < 1.29 is 26.7 Å². The molecule has 0 saturated heterocycles. The number of benzene rings is 1. The molecule has 0 unspecified atom stereocenters. The van der Waals surface area contributed by atoms with Gasteiger partial charge < -0.3 is 9.64 Å². The highest BCUT2D eigenvalue weighted by Crippen LogP contribution is 2.29. The molecule has 0 spiro atoms. The molecule has 1 aromatic rings. The molecule has 154 valence electrons. The summed E-state index contributed by atoms with van der Waals surface area (Å²) in [5, 5.41) is 0. The highest BCUT2D eigenvalue weighted by atomic mass is 19.2.